The van der Waals surface area contributed by atoms with Crippen LogP contribution in [0.15, 0.2) is 5.38 Å². The number of nitrogens with two attached hydrogens (primary N) is 1. The maximum Gasteiger partial charge on any atom is 0.0897 e. The molecule has 0 aliphatic heterocycles. The van der Waals surface area contributed by atoms with Crippen molar-refractivity contribution in [1.82, 2.24) is 4.98 Å². The van der Waals surface area contributed by atoms with Gasteiger partial charge in [-0.2, -0.15) is 0 Å². The zero-order valence-electron chi connectivity index (χ0n) is 9.78. The highest BCUT2D eigenvalue weighted by atomic mass is 32.1. The molecule has 1 aliphatic carbocycles. The third-order valence-corrected chi connectivity index (χ3v) is 4.54. The predicted octanol–water partition coefficient (Wildman–Crippen LogP) is 1.87. The summed E-state index contributed by atoms with van der Waals surface area (Å²) in [4.78, 5) is 4.48. The van der Waals surface area contributed by atoms with Crippen LogP contribution in [-0.4, -0.2) is 22.7 Å². The molecule has 1 aliphatic rings. The first-order chi connectivity index (χ1) is 7.66. The van der Waals surface area contributed by atoms with Crippen LogP contribution in [-0.2, 0) is 6.42 Å². The topological polar surface area (TPSA) is 59.1 Å². The van der Waals surface area contributed by atoms with Gasteiger partial charge in [-0.05, 0) is 26.2 Å². The quantitative estimate of drug-likeness (QED) is 0.848. The van der Waals surface area contributed by atoms with E-state index in [0.717, 1.165) is 36.4 Å². The van der Waals surface area contributed by atoms with Crippen molar-refractivity contribution in [2.45, 2.75) is 45.1 Å². The third kappa shape index (κ3) is 2.29. The van der Waals surface area contributed by atoms with Crippen LogP contribution in [0.1, 0.15) is 36.4 Å². The fraction of sp³-hybridized carbons (Fsp3) is 0.750. The lowest BCUT2D eigenvalue weighted by atomic mass is 9.69. The Morgan fingerprint density at radius 2 is 2.44 bits per heavy atom. The summed E-state index contributed by atoms with van der Waals surface area (Å²) < 4.78 is 0. The first-order valence-electron chi connectivity index (χ1n) is 5.95. The first-order valence-corrected chi connectivity index (χ1v) is 6.83. The Morgan fingerprint density at radius 3 is 3.00 bits per heavy atom. The summed E-state index contributed by atoms with van der Waals surface area (Å²) in [6, 6.07) is 0. The molecule has 1 heterocycles. The highest BCUT2D eigenvalue weighted by Gasteiger charge is 2.39. The molecule has 1 saturated carbocycles. The van der Waals surface area contributed by atoms with Crippen LogP contribution in [0.5, 0.6) is 0 Å². The molecule has 0 aromatic carbocycles. The average molecular weight is 240 g/mol. The number of thiazole rings is 1. The minimum absolute atomic E-state index is 0.126. The Labute approximate surface area is 101 Å². The maximum absolute atomic E-state index is 10.2. The van der Waals surface area contributed by atoms with E-state index in [1.54, 1.807) is 11.3 Å². The van der Waals surface area contributed by atoms with E-state index in [0.29, 0.717) is 6.54 Å². The van der Waals surface area contributed by atoms with Crippen LogP contribution in [0, 0.1) is 12.3 Å². The van der Waals surface area contributed by atoms with Crippen LogP contribution < -0.4 is 5.73 Å². The molecule has 0 amide bonds. The Morgan fingerprint density at radius 1 is 1.62 bits per heavy atom. The first kappa shape index (κ1) is 12.0. The second-order valence-electron chi connectivity index (χ2n) is 4.86. The smallest absolute Gasteiger partial charge is 0.0897 e. The summed E-state index contributed by atoms with van der Waals surface area (Å²) in [5.74, 6) is 0. The minimum Gasteiger partial charge on any atom is -0.392 e. The lowest BCUT2D eigenvalue weighted by Crippen LogP contribution is -2.45. The normalized spacial score (nSPS) is 30.6. The molecule has 1 aromatic heterocycles. The molecule has 1 aromatic rings. The van der Waals surface area contributed by atoms with E-state index in [2.05, 4.69) is 10.4 Å². The van der Waals surface area contributed by atoms with Gasteiger partial charge in [-0.1, -0.05) is 12.8 Å². The summed E-state index contributed by atoms with van der Waals surface area (Å²) in [5, 5.41) is 13.4. The van der Waals surface area contributed by atoms with E-state index in [1.807, 2.05) is 6.92 Å². The molecule has 0 saturated heterocycles. The Kier molecular flexibility index (Phi) is 3.62. The largest absolute Gasteiger partial charge is 0.392 e. The summed E-state index contributed by atoms with van der Waals surface area (Å²) in [6.07, 6.45) is 4.79. The molecule has 90 valence electrons. The molecule has 3 nitrogen and oxygen atoms in total. The number of aliphatic hydroxyl groups is 1. The van der Waals surface area contributed by atoms with Crippen LogP contribution >= 0.6 is 11.3 Å². The highest BCUT2D eigenvalue weighted by molar-refractivity contribution is 7.09. The molecule has 3 N–H and O–H groups in total. The van der Waals surface area contributed by atoms with Crippen molar-refractivity contribution in [2.75, 3.05) is 6.54 Å². The SMILES string of the molecule is Cc1nc(CC2(CN)CCCCC2O)cs1. The number of hydrogen-bond acceptors (Lipinski definition) is 4. The lowest BCUT2D eigenvalue weighted by Gasteiger charge is -2.40. The van der Waals surface area contributed by atoms with Crippen molar-refractivity contribution in [3.63, 3.8) is 0 Å². The molecular formula is C12H20N2OS. The van der Waals surface area contributed by atoms with Gasteiger partial charge in [0.2, 0.25) is 0 Å². The summed E-state index contributed by atoms with van der Waals surface area (Å²) in [6.45, 7) is 2.57. The van der Waals surface area contributed by atoms with Crippen molar-refractivity contribution in [3.8, 4) is 0 Å². The molecule has 1 fully saturated rings. The molecule has 2 rings (SSSR count). The van der Waals surface area contributed by atoms with E-state index in [1.165, 1.54) is 6.42 Å². The van der Waals surface area contributed by atoms with Gasteiger partial charge < -0.3 is 10.8 Å². The molecule has 2 unspecified atom stereocenters. The van der Waals surface area contributed by atoms with Gasteiger partial charge >= 0.3 is 0 Å². The summed E-state index contributed by atoms with van der Waals surface area (Å²) in [5.41, 5.74) is 6.86. The maximum atomic E-state index is 10.2. The van der Waals surface area contributed by atoms with Crippen molar-refractivity contribution in [1.29, 1.82) is 0 Å². The molecular weight excluding hydrogens is 220 g/mol. The number of hydrogen-bond donors (Lipinski definition) is 2. The molecule has 0 bridgehead atoms. The standard InChI is InChI=1S/C12H20N2OS/c1-9-14-10(7-16-9)6-12(8-13)5-3-2-4-11(12)15/h7,11,15H,2-6,8,13H2,1H3. The van der Waals surface area contributed by atoms with Crippen molar-refractivity contribution < 1.29 is 5.11 Å². The van der Waals surface area contributed by atoms with E-state index in [4.69, 9.17) is 5.73 Å². The molecule has 4 heteroatoms. The number of aryl methyl sites for hydroxylation is 1. The Hall–Kier alpha value is -0.450. The summed E-state index contributed by atoms with van der Waals surface area (Å²) >= 11 is 1.67. The van der Waals surface area contributed by atoms with E-state index in [-0.39, 0.29) is 11.5 Å². The van der Waals surface area contributed by atoms with Gasteiger partial charge in [0.25, 0.3) is 0 Å². The second-order valence-corrected chi connectivity index (χ2v) is 5.92. The monoisotopic (exact) mass is 240 g/mol. The fourth-order valence-electron chi connectivity index (χ4n) is 2.65. The van der Waals surface area contributed by atoms with E-state index < -0.39 is 0 Å². The Balaban J connectivity index is 2.14. The van der Waals surface area contributed by atoms with Gasteiger partial charge in [0.05, 0.1) is 16.8 Å². The number of nitrogens with zero attached hydrogens (tertiary/aromatic N) is 1. The average Bonchev–Trinajstić information content (AvgIpc) is 2.67. The van der Waals surface area contributed by atoms with Crippen molar-refractivity contribution in [3.05, 3.63) is 16.1 Å². The predicted molar refractivity (Wildman–Crippen MR) is 66.5 cm³/mol. The summed E-state index contributed by atoms with van der Waals surface area (Å²) in [7, 11) is 0. The number of rotatable bonds is 3. The third-order valence-electron chi connectivity index (χ3n) is 3.72. The Bertz CT molecular complexity index is 353. The number of aromatic nitrogens is 1. The molecule has 16 heavy (non-hydrogen) atoms. The van der Waals surface area contributed by atoms with Crippen LogP contribution in [0.25, 0.3) is 0 Å². The molecule has 0 spiro atoms. The van der Waals surface area contributed by atoms with E-state index in [9.17, 15) is 5.11 Å². The second kappa shape index (κ2) is 4.82. The van der Waals surface area contributed by atoms with Gasteiger partial charge in [-0.25, -0.2) is 4.98 Å². The fourth-order valence-corrected chi connectivity index (χ4v) is 3.27. The van der Waals surface area contributed by atoms with Crippen molar-refractivity contribution >= 4 is 11.3 Å². The van der Waals surface area contributed by atoms with Crippen LogP contribution in [0.2, 0.25) is 0 Å². The van der Waals surface area contributed by atoms with Crippen LogP contribution in [0.3, 0.4) is 0 Å². The van der Waals surface area contributed by atoms with E-state index >= 15 is 0 Å². The van der Waals surface area contributed by atoms with Gasteiger partial charge in [0, 0.05) is 17.3 Å². The number of aliphatic hydroxyl groups excluding tert-OH is 1. The highest BCUT2D eigenvalue weighted by Crippen LogP contribution is 2.38. The minimum atomic E-state index is -0.256. The van der Waals surface area contributed by atoms with Crippen molar-refractivity contribution in [2.24, 2.45) is 11.1 Å². The molecule has 0 radical (unpaired) electrons. The van der Waals surface area contributed by atoms with Gasteiger partial charge in [-0.15, -0.1) is 11.3 Å². The zero-order chi connectivity index (χ0) is 11.6. The lowest BCUT2D eigenvalue weighted by molar-refractivity contribution is -0.00637. The van der Waals surface area contributed by atoms with Gasteiger partial charge in [-0.3, -0.25) is 0 Å². The molecule has 2 atom stereocenters. The van der Waals surface area contributed by atoms with Gasteiger partial charge in [0.1, 0.15) is 0 Å². The zero-order valence-corrected chi connectivity index (χ0v) is 10.6. The van der Waals surface area contributed by atoms with Crippen LogP contribution in [0.4, 0.5) is 0 Å². The van der Waals surface area contributed by atoms with Gasteiger partial charge in [0.15, 0.2) is 0 Å².